The molecule has 0 rings (SSSR count). The molecule has 0 unspecified atom stereocenters. The molecule has 15 heavy (non-hydrogen) atoms. The van der Waals surface area contributed by atoms with Crippen LogP contribution in [0.25, 0.3) is 0 Å². The number of rotatable bonds is 9. The first kappa shape index (κ1) is 13.8. The Balaban J connectivity index is 2.93. The second-order valence-electron chi connectivity index (χ2n) is 3.54. The highest BCUT2D eigenvalue weighted by atomic mass is 16.7. The average molecular weight is 212 g/mol. The molecule has 86 valence electrons. The summed E-state index contributed by atoms with van der Waals surface area (Å²) in [5, 5.41) is 8.20. The molecule has 0 radical (unpaired) electrons. The first-order valence-electron chi connectivity index (χ1n) is 5.56. The van der Waals surface area contributed by atoms with Crippen LogP contribution in [0.2, 0.25) is 0 Å². The van der Waals surface area contributed by atoms with Gasteiger partial charge in [-0.3, -0.25) is 0 Å². The molecule has 3 nitrogen and oxygen atoms in total. The first-order chi connectivity index (χ1) is 7.27. The van der Waals surface area contributed by atoms with Crippen LogP contribution >= 0.6 is 0 Å². The Kier molecular flexibility index (Phi) is 10.1. The summed E-state index contributed by atoms with van der Waals surface area (Å²) in [4.78, 5) is 10.00. The van der Waals surface area contributed by atoms with Crippen LogP contribution in [0.15, 0.2) is 0 Å². The summed E-state index contributed by atoms with van der Waals surface area (Å²) in [6, 6.07) is 0. The summed E-state index contributed by atoms with van der Waals surface area (Å²) in [6.07, 6.45) is 12.6. The predicted molar refractivity (Wildman–Crippen MR) is 59.7 cm³/mol. The van der Waals surface area contributed by atoms with Crippen molar-refractivity contribution in [1.29, 1.82) is 0 Å². The minimum Gasteiger partial charge on any atom is -0.450 e. The quantitative estimate of drug-likeness (QED) is 0.362. The van der Waals surface area contributed by atoms with Crippen LogP contribution in [0.4, 0.5) is 4.79 Å². The van der Waals surface area contributed by atoms with Crippen LogP contribution in [-0.4, -0.2) is 17.9 Å². The third kappa shape index (κ3) is 12.8. The van der Waals surface area contributed by atoms with Crippen LogP contribution in [-0.2, 0) is 4.74 Å². The molecule has 0 aromatic rings. The predicted octanol–water partition coefficient (Wildman–Crippen LogP) is 3.44. The summed E-state index contributed by atoms with van der Waals surface area (Å²) in [5.41, 5.74) is 0. The molecule has 0 aliphatic rings. The van der Waals surface area contributed by atoms with Crippen molar-refractivity contribution in [2.45, 2.75) is 51.4 Å². The van der Waals surface area contributed by atoms with Crippen molar-refractivity contribution < 1.29 is 14.6 Å². The summed E-state index contributed by atoms with van der Waals surface area (Å²) >= 11 is 0. The van der Waals surface area contributed by atoms with Gasteiger partial charge in [0.2, 0.25) is 0 Å². The third-order valence-electron chi connectivity index (χ3n) is 2.19. The maximum atomic E-state index is 10.00. The highest BCUT2D eigenvalue weighted by Crippen LogP contribution is 2.08. The Bertz CT molecular complexity index is 194. The van der Waals surface area contributed by atoms with Gasteiger partial charge in [0, 0.05) is 6.42 Å². The van der Waals surface area contributed by atoms with Gasteiger partial charge in [-0.1, -0.05) is 32.1 Å². The van der Waals surface area contributed by atoms with E-state index in [1.54, 1.807) is 0 Å². The summed E-state index contributed by atoms with van der Waals surface area (Å²) < 4.78 is 4.40. The lowest BCUT2D eigenvalue weighted by molar-refractivity contribution is 0.0899. The SMILES string of the molecule is C#CCCCCCCCCCOC(=O)O. The smallest absolute Gasteiger partial charge is 0.450 e. The number of carbonyl (C=O) groups is 1. The molecule has 0 amide bonds. The van der Waals surface area contributed by atoms with Crippen LogP contribution in [0, 0.1) is 12.3 Å². The fraction of sp³-hybridized carbons (Fsp3) is 0.750. The zero-order valence-electron chi connectivity index (χ0n) is 9.21. The van der Waals surface area contributed by atoms with Gasteiger partial charge in [-0.2, -0.15) is 0 Å². The van der Waals surface area contributed by atoms with Crippen molar-refractivity contribution in [2.24, 2.45) is 0 Å². The van der Waals surface area contributed by atoms with Gasteiger partial charge in [-0.05, 0) is 12.8 Å². The van der Waals surface area contributed by atoms with Gasteiger partial charge in [0.1, 0.15) is 0 Å². The van der Waals surface area contributed by atoms with Gasteiger partial charge in [-0.25, -0.2) is 4.79 Å². The van der Waals surface area contributed by atoms with E-state index in [-0.39, 0.29) is 0 Å². The molecule has 0 fully saturated rings. The van der Waals surface area contributed by atoms with Crippen LogP contribution in [0.1, 0.15) is 51.4 Å². The van der Waals surface area contributed by atoms with Gasteiger partial charge in [-0.15, -0.1) is 12.3 Å². The van der Waals surface area contributed by atoms with E-state index in [0.29, 0.717) is 6.61 Å². The lowest BCUT2D eigenvalue weighted by Crippen LogP contribution is -2.01. The molecule has 3 heteroatoms. The van der Waals surface area contributed by atoms with Gasteiger partial charge in [0.15, 0.2) is 0 Å². The minimum absolute atomic E-state index is 0.326. The van der Waals surface area contributed by atoms with Crippen molar-refractivity contribution in [1.82, 2.24) is 0 Å². The average Bonchev–Trinajstić information content (AvgIpc) is 2.20. The van der Waals surface area contributed by atoms with Gasteiger partial charge in [0.25, 0.3) is 0 Å². The third-order valence-corrected chi connectivity index (χ3v) is 2.19. The van der Waals surface area contributed by atoms with Crippen molar-refractivity contribution >= 4 is 6.16 Å². The van der Waals surface area contributed by atoms with Gasteiger partial charge in [0.05, 0.1) is 6.61 Å². The Hall–Kier alpha value is -1.17. The number of hydrogen-bond acceptors (Lipinski definition) is 2. The summed E-state index contributed by atoms with van der Waals surface area (Å²) in [7, 11) is 0. The number of ether oxygens (including phenoxy) is 1. The van der Waals surface area contributed by atoms with E-state index in [0.717, 1.165) is 32.1 Å². The molecular formula is C12H20O3. The number of hydrogen-bond donors (Lipinski definition) is 1. The van der Waals surface area contributed by atoms with Crippen molar-refractivity contribution in [3.63, 3.8) is 0 Å². The molecule has 0 atom stereocenters. The lowest BCUT2D eigenvalue weighted by atomic mass is 10.1. The topological polar surface area (TPSA) is 46.5 Å². The molecule has 0 aliphatic heterocycles. The monoisotopic (exact) mass is 212 g/mol. The molecule has 0 saturated heterocycles. The Morgan fingerprint density at radius 2 is 1.60 bits per heavy atom. The molecule has 0 bridgehead atoms. The minimum atomic E-state index is -1.18. The van der Waals surface area contributed by atoms with Crippen molar-refractivity contribution in [2.75, 3.05) is 6.61 Å². The second kappa shape index (κ2) is 10.9. The van der Waals surface area contributed by atoms with E-state index in [9.17, 15) is 4.79 Å². The highest BCUT2D eigenvalue weighted by Gasteiger charge is 1.95. The van der Waals surface area contributed by atoms with E-state index in [1.165, 1.54) is 19.3 Å². The summed E-state index contributed by atoms with van der Waals surface area (Å²) in [5.74, 6) is 2.62. The van der Waals surface area contributed by atoms with E-state index in [1.807, 2.05) is 0 Å². The summed E-state index contributed by atoms with van der Waals surface area (Å²) in [6.45, 7) is 0.326. The van der Waals surface area contributed by atoms with Gasteiger partial charge >= 0.3 is 6.16 Å². The van der Waals surface area contributed by atoms with Crippen molar-refractivity contribution in [3.05, 3.63) is 0 Å². The molecule has 0 spiro atoms. The van der Waals surface area contributed by atoms with Gasteiger partial charge < -0.3 is 9.84 Å². The fourth-order valence-electron chi connectivity index (χ4n) is 1.37. The number of carboxylic acid groups (broad SMARTS) is 1. The Morgan fingerprint density at radius 3 is 2.13 bits per heavy atom. The number of terminal acetylenes is 1. The molecule has 0 aromatic heterocycles. The largest absolute Gasteiger partial charge is 0.505 e. The second-order valence-corrected chi connectivity index (χ2v) is 3.54. The zero-order chi connectivity index (χ0) is 11.4. The van der Waals surface area contributed by atoms with Crippen molar-refractivity contribution in [3.8, 4) is 12.3 Å². The van der Waals surface area contributed by atoms with Crippen LogP contribution in [0.3, 0.4) is 0 Å². The number of unbranched alkanes of at least 4 members (excludes halogenated alkanes) is 7. The van der Waals surface area contributed by atoms with E-state index >= 15 is 0 Å². The maximum Gasteiger partial charge on any atom is 0.505 e. The highest BCUT2D eigenvalue weighted by molar-refractivity contribution is 5.56. The van der Waals surface area contributed by atoms with Crippen LogP contribution < -0.4 is 0 Å². The van der Waals surface area contributed by atoms with E-state index < -0.39 is 6.16 Å². The maximum absolute atomic E-state index is 10.00. The normalized spacial score (nSPS) is 9.53. The van der Waals surface area contributed by atoms with E-state index in [2.05, 4.69) is 10.7 Å². The molecule has 0 aromatic carbocycles. The molecule has 1 N–H and O–H groups in total. The fourth-order valence-corrected chi connectivity index (χ4v) is 1.37. The Morgan fingerprint density at radius 1 is 1.07 bits per heavy atom. The molecular weight excluding hydrogens is 192 g/mol. The zero-order valence-corrected chi connectivity index (χ0v) is 9.21. The molecule has 0 saturated carbocycles. The lowest BCUT2D eigenvalue weighted by Gasteiger charge is -2.01. The molecule has 0 aliphatic carbocycles. The van der Waals surface area contributed by atoms with Crippen LogP contribution in [0.5, 0.6) is 0 Å². The Labute approximate surface area is 91.8 Å². The van der Waals surface area contributed by atoms with E-state index in [4.69, 9.17) is 11.5 Å². The first-order valence-corrected chi connectivity index (χ1v) is 5.56. The molecule has 0 heterocycles. The standard InChI is InChI=1S/C12H20O3/c1-2-3-4-5-6-7-8-9-10-11-15-12(13)14/h1H,3-11H2,(H,13,14).